The summed E-state index contributed by atoms with van der Waals surface area (Å²) in [7, 11) is -3.66. The van der Waals surface area contributed by atoms with Gasteiger partial charge in [-0.3, -0.25) is 4.79 Å². The number of anilines is 1. The Bertz CT molecular complexity index is 921. The van der Waals surface area contributed by atoms with E-state index in [2.05, 4.69) is 5.32 Å². The quantitative estimate of drug-likeness (QED) is 0.773. The van der Waals surface area contributed by atoms with Gasteiger partial charge in [-0.1, -0.05) is 6.07 Å². The monoisotopic (exact) mass is 406 g/mol. The SMILES string of the molecule is CSc1ccc(NC(=O)c2ccc(C)c(S(=O)(=O)N3CCOCC3)c2)cc1. The number of morpholine rings is 1. The summed E-state index contributed by atoms with van der Waals surface area (Å²) < 4.78 is 32.5. The van der Waals surface area contributed by atoms with Gasteiger partial charge in [-0.2, -0.15) is 4.31 Å². The molecule has 1 heterocycles. The molecule has 0 radical (unpaired) electrons. The van der Waals surface area contributed by atoms with Gasteiger partial charge in [0.15, 0.2) is 0 Å². The lowest BCUT2D eigenvalue weighted by Gasteiger charge is -2.26. The molecule has 1 aliphatic rings. The number of sulfonamides is 1. The van der Waals surface area contributed by atoms with E-state index in [1.165, 1.54) is 10.4 Å². The van der Waals surface area contributed by atoms with E-state index >= 15 is 0 Å². The summed E-state index contributed by atoms with van der Waals surface area (Å²) >= 11 is 1.62. The number of amides is 1. The first-order valence-corrected chi connectivity index (χ1v) is 11.2. The normalized spacial score (nSPS) is 15.5. The van der Waals surface area contributed by atoms with Gasteiger partial charge in [0.25, 0.3) is 5.91 Å². The number of aryl methyl sites for hydroxylation is 1. The molecular weight excluding hydrogens is 384 g/mol. The molecule has 6 nitrogen and oxygen atoms in total. The molecule has 0 bridgehead atoms. The molecular formula is C19H22N2O4S2. The van der Waals surface area contributed by atoms with E-state index in [1.807, 2.05) is 30.5 Å². The van der Waals surface area contributed by atoms with Crippen molar-refractivity contribution < 1.29 is 17.9 Å². The van der Waals surface area contributed by atoms with Crippen LogP contribution in [0, 0.1) is 6.92 Å². The summed E-state index contributed by atoms with van der Waals surface area (Å²) in [6.07, 6.45) is 1.98. The fraction of sp³-hybridized carbons (Fsp3) is 0.316. The minimum atomic E-state index is -3.66. The fourth-order valence-electron chi connectivity index (χ4n) is 2.82. The Balaban J connectivity index is 1.84. The van der Waals surface area contributed by atoms with Crippen LogP contribution in [0.15, 0.2) is 52.3 Å². The summed E-state index contributed by atoms with van der Waals surface area (Å²) in [4.78, 5) is 13.9. The van der Waals surface area contributed by atoms with Crippen LogP contribution in [-0.2, 0) is 14.8 Å². The van der Waals surface area contributed by atoms with Crippen LogP contribution < -0.4 is 5.32 Å². The van der Waals surface area contributed by atoms with Crippen molar-refractivity contribution in [1.82, 2.24) is 4.31 Å². The highest BCUT2D eigenvalue weighted by Crippen LogP contribution is 2.23. The van der Waals surface area contributed by atoms with E-state index in [9.17, 15) is 13.2 Å². The predicted molar refractivity (Wildman–Crippen MR) is 107 cm³/mol. The molecule has 8 heteroatoms. The van der Waals surface area contributed by atoms with Crippen LogP contribution in [0.1, 0.15) is 15.9 Å². The second-order valence-corrected chi connectivity index (χ2v) is 8.97. The summed E-state index contributed by atoms with van der Waals surface area (Å²) in [5.74, 6) is -0.342. The van der Waals surface area contributed by atoms with E-state index in [0.717, 1.165) is 4.90 Å². The highest BCUT2D eigenvalue weighted by Gasteiger charge is 2.28. The number of carbonyl (C=O) groups is 1. The Labute approximate surface area is 164 Å². The highest BCUT2D eigenvalue weighted by molar-refractivity contribution is 7.98. The molecule has 3 rings (SSSR count). The lowest BCUT2D eigenvalue weighted by atomic mass is 10.1. The first-order valence-electron chi connectivity index (χ1n) is 8.56. The van der Waals surface area contributed by atoms with Crippen molar-refractivity contribution in [2.45, 2.75) is 16.7 Å². The third-order valence-electron chi connectivity index (χ3n) is 4.39. The van der Waals surface area contributed by atoms with Crippen LogP contribution in [0.25, 0.3) is 0 Å². The topological polar surface area (TPSA) is 75.7 Å². The Kier molecular flexibility index (Phi) is 6.21. The molecule has 1 saturated heterocycles. The van der Waals surface area contributed by atoms with Crippen LogP contribution in [0.4, 0.5) is 5.69 Å². The number of benzene rings is 2. The van der Waals surface area contributed by atoms with E-state index < -0.39 is 10.0 Å². The third-order valence-corrected chi connectivity index (χ3v) is 7.17. The molecule has 1 fully saturated rings. The van der Waals surface area contributed by atoms with Gasteiger partial charge in [-0.25, -0.2) is 8.42 Å². The first kappa shape index (κ1) is 19.9. The summed E-state index contributed by atoms with van der Waals surface area (Å²) in [6, 6.07) is 12.2. The molecule has 0 aliphatic carbocycles. The molecule has 0 spiro atoms. The van der Waals surface area contributed by atoms with Crippen molar-refractivity contribution in [3.63, 3.8) is 0 Å². The molecule has 2 aromatic carbocycles. The molecule has 0 atom stereocenters. The minimum absolute atomic E-state index is 0.162. The van der Waals surface area contributed by atoms with Crippen molar-refractivity contribution in [2.75, 3.05) is 37.9 Å². The zero-order valence-corrected chi connectivity index (χ0v) is 16.9. The second kappa shape index (κ2) is 8.43. The van der Waals surface area contributed by atoms with Gasteiger partial charge in [0.2, 0.25) is 10.0 Å². The standard InChI is InChI=1S/C19H22N2O4S2/c1-14-3-4-15(19(22)20-16-5-7-17(26-2)8-6-16)13-18(14)27(23,24)21-9-11-25-12-10-21/h3-8,13H,9-12H2,1-2H3,(H,20,22). The molecule has 1 N–H and O–H groups in total. The zero-order chi connectivity index (χ0) is 19.4. The molecule has 27 heavy (non-hydrogen) atoms. The number of hydrogen-bond acceptors (Lipinski definition) is 5. The van der Waals surface area contributed by atoms with Gasteiger partial charge in [-0.05, 0) is 55.1 Å². The predicted octanol–water partition coefficient (Wildman–Crippen LogP) is 2.99. The smallest absolute Gasteiger partial charge is 0.255 e. The second-order valence-electron chi connectivity index (χ2n) is 6.18. The number of nitrogens with one attached hydrogen (secondary N) is 1. The molecule has 1 amide bonds. The van der Waals surface area contributed by atoms with Crippen molar-refractivity contribution in [3.05, 3.63) is 53.6 Å². The fourth-order valence-corrected chi connectivity index (χ4v) is 4.89. The molecule has 0 saturated carbocycles. The number of hydrogen-bond donors (Lipinski definition) is 1. The van der Waals surface area contributed by atoms with Crippen molar-refractivity contribution in [1.29, 1.82) is 0 Å². The maximum Gasteiger partial charge on any atom is 0.255 e. The van der Waals surface area contributed by atoms with Crippen LogP contribution in [0.5, 0.6) is 0 Å². The van der Waals surface area contributed by atoms with E-state index in [4.69, 9.17) is 4.74 Å². The first-order chi connectivity index (χ1) is 12.9. The van der Waals surface area contributed by atoms with E-state index in [1.54, 1.807) is 30.8 Å². The number of rotatable bonds is 5. The molecule has 144 valence electrons. The van der Waals surface area contributed by atoms with Crippen LogP contribution in [-0.4, -0.2) is 51.2 Å². The van der Waals surface area contributed by atoms with Gasteiger partial charge in [-0.15, -0.1) is 11.8 Å². The van der Waals surface area contributed by atoms with Crippen molar-refractivity contribution in [2.24, 2.45) is 0 Å². The zero-order valence-electron chi connectivity index (χ0n) is 15.3. The molecule has 1 aliphatic heterocycles. The number of nitrogens with zero attached hydrogens (tertiary/aromatic N) is 1. The Morgan fingerprint density at radius 2 is 1.78 bits per heavy atom. The van der Waals surface area contributed by atoms with Gasteiger partial charge in [0, 0.05) is 29.2 Å². The molecule has 0 unspecified atom stereocenters. The minimum Gasteiger partial charge on any atom is -0.379 e. The Hall–Kier alpha value is -1.87. The average molecular weight is 407 g/mol. The maximum atomic E-state index is 12.9. The third kappa shape index (κ3) is 4.52. The lowest BCUT2D eigenvalue weighted by molar-refractivity contribution is 0.0730. The van der Waals surface area contributed by atoms with Crippen molar-refractivity contribution >= 4 is 33.4 Å². The van der Waals surface area contributed by atoms with Crippen LogP contribution in [0.2, 0.25) is 0 Å². The number of ether oxygens (including phenoxy) is 1. The largest absolute Gasteiger partial charge is 0.379 e. The van der Waals surface area contributed by atoms with Gasteiger partial charge in [0.05, 0.1) is 18.1 Å². The van der Waals surface area contributed by atoms with Gasteiger partial charge >= 0.3 is 0 Å². The average Bonchev–Trinajstić information content (AvgIpc) is 2.69. The van der Waals surface area contributed by atoms with Gasteiger partial charge in [0.1, 0.15) is 0 Å². The molecule has 0 aromatic heterocycles. The maximum absolute atomic E-state index is 12.9. The summed E-state index contributed by atoms with van der Waals surface area (Å²) in [5.41, 5.74) is 1.58. The molecule has 2 aromatic rings. The van der Waals surface area contributed by atoms with Crippen LogP contribution in [0.3, 0.4) is 0 Å². The van der Waals surface area contributed by atoms with Gasteiger partial charge < -0.3 is 10.1 Å². The van der Waals surface area contributed by atoms with E-state index in [-0.39, 0.29) is 10.8 Å². The summed E-state index contributed by atoms with van der Waals surface area (Å²) in [6.45, 7) is 3.13. The Morgan fingerprint density at radius 1 is 1.11 bits per heavy atom. The van der Waals surface area contributed by atoms with E-state index in [0.29, 0.717) is 43.1 Å². The summed E-state index contributed by atoms with van der Waals surface area (Å²) in [5, 5.41) is 2.81. The highest BCUT2D eigenvalue weighted by atomic mass is 32.2. The van der Waals surface area contributed by atoms with Crippen molar-refractivity contribution in [3.8, 4) is 0 Å². The Morgan fingerprint density at radius 3 is 2.41 bits per heavy atom. The van der Waals surface area contributed by atoms with Crippen LogP contribution >= 0.6 is 11.8 Å². The number of thioether (sulfide) groups is 1. The lowest BCUT2D eigenvalue weighted by Crippen LogP contribution is -2.40. The number of carbonyl (C=O) groups excluding carboxylic acids is 1.